The normalized spacial score (nSPS) is 20.4. The van der Waals surface area contributed by atoms with E-state index in [9.17, 15) is 19.5 Å². The predicted octanol–water partition coefficient (Wildman–Crippen LogP) is 4.29. The van der Waals surface area contributed by atoms with Crippen molar-refractivity contribution in [1.82, 2.24) is 4.98 Å². The fourth-order valence-corrected chi connectivity index (χ4v) is 6.17. The molecule has 9 heteroatoms. The first-order valence-corrected chi connectivity index (χ1v) is 11.0. The third-order valence-corrected chi connectivity index (χ3v) is 7.66. The van der Waals surface area contributed by atoms with Crippen LogP contribution in [0.4, 0.5) is 0 Å². The zero-order valence-electron chi connectivity index (χ0n) is 15.6. The minimum absolute atomic E-state index is 0.283. The van der Waals surface area contributed by atoms with E-state index in [0.29, 0.717) is 26.2 Å². The molecule has 1 aliphatic rings. The lowest BCUT2D eigenvalue weighted by atomic mass is 9.78. The number of carboxylic acids is 1. The van der Waals surface area contributed by atoms with Crippen molar-refractivity contribution in [2.75, 3.05) is 7.11 Å². The number of halogens is 1. The van der Waals surface area contributed by atoms with Crippen molar-refractivity contribution in [3.05, 3.63) is 79.2 Å². The molecule has 0 fully saturated rings. The highest BCUT2D eigenvalue weighted by Crippen LogP contribution is 2.50. The third-order valence-electron chi connectivity index (χ3n) is 5.00. The van der Waals surface area contributed by atoms with Crippen LogP contribution < -0.4 is 9.61 Å². The summed E-state index contributed by atoms with van der Waals surface area (Å²) in [4.78, 5) is 40.8. The van der Waals surface area contributed by atoms with Gasteiger partial charge in [0.25, 0.3) is 0 Å². The Morgan fingerprint density at radius 2 is 1.77 bits per heavy atom. The zero-order chi connectivity index (χ0) is 21.4. The van der Waals surface area contributed by atoms with Gasteiger partial charge in [-0.2, -0.15) is 0 Å². The quantitative estimate of drug-likeness (QED) is 0.550. The van der Waals surface area contributed by atoms with Crippen molar-refractivity contribution in [3.8, 4) is 5.75 Å². The molecule has 6 nitrogen and oxygen atoms in total. The van der Waals surface area contributed by atoms with E-state index < -0.39 is 23.1 Å². The number of H-pyrrole nitrogens is 1. The number of ketones is 1. The summed E-state index contributed by atoms with van der Waals surface area (Å²) in [6, 6.07) is 13.5. The lowest BCUT2D eigenvalue weighted by Crippen LogP contribution is -2.39. The fraction of sp³-hybridized carbons (Fsp3) is 0.190. The van der Waals surface area contributed by atoms with E-state index in [4.69, 9.17) is 16.3 Å². The number of aromatic amines is 1. The molecule has 30 heavy (non-hydrogen) atoms. The SMILES string of the molecule is COc1ccc([C@@H]2c3sc(=O)[nH]c3S[C@H](C(=O)O)[C@H]2C(=O)c2ccc(Cl)cc2)cc1. The number of benzene rings is 2. The lowest BCUT2D eigenvalue weighted by Gasteiger charge is -2.34. The summed E-state index contributed by atoms with van der Waals surface area (Å²) in [7, 11) is 1.55. The second kappa shape index (κ2) is 8.29. The average Bonchev–Trinajstić information content (AvgIpc) is 3.12. The number of nitrogens with one attached hydrogen (secondary N) is 1. The van der Waals surface area contributed by atoms with Gasteiger partial charge in [-0.15, -0.1) is 0 Å². The maximum atomic E-state index is 13.5. The molecule has 2 aromatic carbocycles. The van der Waals surface area contributed by atoms with Crippen LogP contribution in [-0.2, 0) is 4.79 Å². The Balaban J connectivity index is 1.89. The highest BCUT2D eigenvalue weighted by atomic mass is 35.5. The second-order valence-electron chi connectivity index (χ2n) is 6.73. The number of methoxy groups -OCH3 is 1. The minimum atomic E-state index is -1.11. The van der Waals surface area contributed by atoms with E-state index in [1.54, 1.807) is 55.6 Å². The Labute approximate surface area is 184 Å². The summed E-state index contributed by atoms with van der Waals surface area (Å²) >= 11 is 7.96. The number of aliphatic carboxylic acids is 1. The van der Waals surface area contributed by atoms with Crippen molar-refractivity contribution in [2.45, 2.75) is 16.2 Å². The molecule has 0 radical (unpaired) electrons. The van der Waals surface area contributed by atoms with Crippen LogP contribution >= 0.6 is 34.7 Å². The number of carbonyl (C=O) groups excluding carboxylic acids is 1. The molecule has 0 amide bonds. The highest BCUT2D eigenvalue weighted by Gasteiger charge is 2.47. The van der Waals surface area contributed by atoms with Crippen molar-refractivity contribution in [2.24, 2.45) is 5.92 Å². The monoisotopic (exact) mass is 461 g/mol. The van der Waals surface area contributed by atoms with Crippen LogP contribution in [0.5, 0.6) is 5.75 Å². The molecular weight excluding hydrogens is 446 g/mol. The van der Waals surface area contributed by atoms with Gasteiger partial charge < -0.3 is 14.8 Å². The molecule has 1 aliphatic heterocycles. The predicted molar refractivity (Wildman–Crippen MR) is 116 cm³/mol. The number of thiazole rings is 1. The molecule has 0 unspecified atom stereocenters. The van der Waals surface area contributed by atoms with Crippen molar-refractivity contribution < 1.29 is 19.4 Å². The Morgan fingerprint density at radius 1 is 1.10 bits per heavy atom. The smallest absolute Gasteiger partial charge is 0.317 e. The molecule has 154 valence electrons. The number of fused-ring (bicyclic) bond motifs is 1. The number of Topliss-reactive ketones (excluding diaryl/α,β-unsaturated/α-hetero) is 1. The minimum Gasteiger partial charge on any atom is -0.497 e. The van der Waals surface area contributed by atoms with Crippen LogP contribution in [0, 0.1) is 5.92 Å². The van der Waals surface area contributed by atoms with Crippen molar-refractivity contribution >= 4 is 46.5 Å². The topological polar surface area (TPSA) is 96.5 Å². The number of thioether (sulfide) groups is 1. The summed E-state index contributed by atoms with van der Waals surface area (Å²) in [6.45, 7) is 0. The van der Waals surface area contributed by atoms with Gasteiger partial charge in [0.15, 0.2) is 5.78 Å². The molecule has 3 atom stereocenters. The molecule has 1 aromatic heterocycles. The number of rotatable bonds is 5. The highest BCUT2D eigenvalue weighted by molar-refractivity contribution is 8.00. The Hall–Kier alpha value is -2.55. The number of carboxylic acid groups (broad SMARTS) is 1. The first-order chi connectivity index (χ1) is 14.4. The van der Waals surface area contributed by atoms with Gasteiger partial charge in [0, 0.05) is 21.4 Å². The molecule has 0 bridgehead atoms. The summed E-state index contributed by atoms with van der Waals surface area (Å²) in [5.41, 5.74) is 1.12. The van der Waals surface area contributed by atoms with Gasteiger partial charge in [-0.1, -0.05) is 46.8 Å². The van der Waals surface area contributed by atoms with Gasteiger partial charge in [0.1, 0.15) is 11.0 Å². The summed E-state index contributed by atoms with van der Waals surface area (Å²) in [5, 5.41) is 9.85. The van der Waals surface area contributed by atoms with Crippen molar-refractivity contribution in [1.29, 1.82) is 0 Å². The molecular formula is C21H16ClNO5S2. The van der Waals surface area contributed by atoms with E-state index in [-0.39, 0.29) is 10.7 Å². The van der Waals surface area contributed by atoms with E-state index in [1.165, 1.54) is 0 Å². The van der Waals surface area contributed by atoms with Crippen LogP contribution in [0.25, 0.3) is 0 Å². The summed E-state index contributed by atoms with van der Waals surface area (Å²) < 4.78 is 5.21. The standard InChI is InChI=1S/C21H16ClNO5S2/c1-28-13-8-4-10(5-9-13)14-15(16(24)11-2-6-12(22)7-3-11)18(20(25)26)29-19-17(14)30-21(27)23-19/h2-9,14-15,18H,1H3,(H,23,27)(H,25,26)/t14-,15+,18-/m0/s1. The Kier molecular flexibility index (Phi) is 5.73. The summed E-state index contributed by atoms with van der Waals surface area (Å²) in [5.74, 6) is -2.26. The van der Waals surface area contributed by atoms with Gasteiger partial charge in [-0.25, -0.2) is 0 Å². The summed E-state index contributed by atoms with van der Waals surface area (Å²) in [6.07, 6.45) is 0. The average molecular weight is 462 g/mol. The number of aromatic nitrogens is 1. The number of hydrogen-bond donors (Lipinski definition) is 2. The zero-order valence-corrected chi connectivity index (χ0v) is 18.0. The van der Waals surface area contributed by atoms with E-state index in [2.05, 4.69) is 4.98 Å². The van der Waals surface area contributed by atoms with Crippen molar-refractivity contribution in [3.63, 3.8) is 0 Å². The first-order valence-electron chi connectivity index (χ1n) is 8.95. The second-order valence-corrected chi connectivity index (χ2v) is 9.34. The largest absolute Gasteiger partial charge is 0.497 e. The van der Waals surface area contributed by atoms with Crippen LogP contribution in [0.2, 0.25) is 5.02 Å². The maximum absolute atomic E-state index is 13.5. The maximum Gasteiger partial charge on any atom is 0.317 e. The first kappa shape index (κ1) is 20.7. The van der Waals surface area contributed by atoms with Gasteiger partial charge in [0.2, 0.25) is 0 Å². The fourth-order valence-electron chi connectivity index (χ4n) is 3.63. The molecule has 2 heterocycles. The third kappa shape index (κ3) is 3.78. The molecule has 0 saturated heterocycles. The van der Waals surface area contributed by atoms with Crippen LogP contribution in [-0.4, -0.2) is 34.2 Å². The van der Waals surface area contributed by atoms with Crippen LogP contribution in [0.15, 0.2) is 58.4 Å². The molecule has 4 rings (SSSR count). The van der Waals surface area contributed by atoms with E-state index >= 15 is 0 Å². The number of hydrogen-bond acceptors (Lipinski definition) is 6. The van der Waals surface area contributed by atoms with Crippen LogP contribution in [0.1, 0.15) is 26.7 Å². The van der Waals surface area contributed by atoms with Crippen LogP contribution in [0.3, 0.4) is 0 Å². The Morgan fingerprint density at radius 3 is 2.37 bits per heavy atom. The number of carbonyl (C=O) groups is 2. The molecule has 2 N–H and O–H groups in total. The molecule has 3 aromatic rings. The number of ether oxygens (including phenoxy) is 1. The van der Waals surface area contributed by atoms with Gasteiger partial charge >= 0.3 is 10.8 Å². The molecule has 0 spiro atoms. The van der Waals surface area contributed by atoms with E-state index in [0.717, 1.165) is 28.7 Å². The van der Waals surface area contributed by atoms with Gasteiger partial charge in [-0.05, 0) is 42.0 Å². The Bertz CT molecular complexity index is 1150. The molecule has 0 saturated carbocycles. The van der Waals surface area contributed by atoms with E-state index in [1.807, 2.05) is 0 Å². The molecule has 0 aliphatic carbocycles. The van der Waals surface area contributed by atoms with Gasteiger partial charge in [0.05, 0.1) is 18.1 Å². The lowest BCUT2D eigenvalue weighted by molar-refractivity contribution is -0.137. The van der Waals surface area contributed by atoms with Gasteiger partial charge in [-0.3, -0.25) is 14.4 Å².